The van der Waals surface area contributed by atoms with Crippen LogP contribution in [0.3, 0.4) is 0 Å². The van der Waals surface area contributed by atoms with Crippen LogP contribution in [0.2, 0.25) is 0 Å². The molecule has 1 amide bonds. The van der Waals surface area contributed by atoms with Gasteiger partial charge in [0.25, 0.3) is 5.91 Å². The molecule has 20 heavy (non-hydrogen) atoms. The van der Waals surface area contributed by atoms with Gasteiger partial charge in [-0.2, -0.15) is 0 Å². The van der Waals surface area contributed by atoms with E-state index >= 15 is 0 Å². The van der Waals surface area contributed by atoms with E-state index in [0.717, 1.165) is 36.0 Å². The van der Waals surface area contributed by atoms with Crippen LogP contribution < -0.4 is 10.5 Å². The highest BCUT2D eigenvalue weighted by atomic mass is 79.9. The van der Waals surface area contributed by atoms with Crippen LogP contribution in [0.25, 0.3) is 0 Å². The standard InChI is InChI=1S/C15H21BrN2O2/c1-10(17)13-9-12(16)5-6-14(13)20-11(2)15(19)18-7-3-4-8-18/h5-6,9-11H,3-4,7-8,17H2,1-2H3/t10-,11?/m0/s1. The molecule has 0 spiro atoms. The molecule has 1 unspecified atom stereocenters. The fourth-order valence-corrected chi connectivity index (χ4v) is 2.80. The first-order valence-electron chi connectivity index (χ1n) is 6.99. The number of carbonyl (C=O) groups is 1. The van der Waals surface area contributed by atoms with E-state index in [1.165, 1.54) is 0 Å². The second-order valence-electron chi connectivity index (χ2n) is 5.26. The lowest BCUT2D eigenvalue weighted by Crippen LogP contribution is -2.38. The lowest BCUT2D eigenvalue weighted by atomic mass is 10.1. The molecular formula is C15H21BrN2O2. The summed E-state index contributed by atoms with van der Waals surface area (Å²) >= 11 is 3.43. The van der Waals surface area contributed by atoms with Gasteiger partial charge in [0.15, 0.2) is 6.10 Å². The minimum Gasteiger partial charge on any atom is -0.481 e. The predicted octanol–water partition coefficient (Wildman–Crippen LogP) is 2.86. The van der Waals surface area contributed by atoms with E-state index in [2.05, 4.69) is 15.9 Å². The quantitative estimate of drug-likeness (QED) is 0.916. The van der Waals surface area contributed by atoms with Gasteiger partial charge in [-0.15, -0.1) is 0 Å². The number of nitrogens with zero attached hydrogens (tertiary/aromatic N) is 1. The third kappa shape index (κ3) is 3.52. The molecule has 0 radical (unpaired) electrons. The largest absolute Gasteiger partial charge is 0.481 e. The first kappa shape index (κ1) is 15.3. The Kier molecular flexibility index (Phi) is 5.05. The van der Waals surface area contributed by atoms with Crippen molar-refractivity contribution < 1.29 is 9.53 Å². The van der Waals surface area contributed by atoms with E-state index in [-0.39, 0.29) is 11.9 Å². The summed E-state index contributed by atoms with van der Waals surface area (Å²) in [5, 5.41) is 0. The molecule has 0 bridgehead atoms. The van der Waals surface area contributed by atoms with Gasteiger partial charge in [-0.1, -0.05) is 15.9 Å². The smallest absolute Gasteiger partial charge is 0.263 e. The van der Waals surface area contributed by atoms with E-state index in [9.17, 15) is 4.79 Å². The summed E-state index contributed by atoms with van der Waals surface area (Å²) < 4.78 is 6.80. The van der Waals surface area contributed by atoms with Gasteiger partial charge in [0, 0.05) is 29.2 Å². The van der Waals surface area contributed by atoms with Crippen molar-refractivity contribution in [3.05, 3.63) is 28.2 Å². The molecule has 110 valence electrons. The average Bonchev–Trinajstić information content (AvgIpc) is 2.93. The minimum absolute atomic E-state index is 0.0565. The van der Waals surface area contributed by atoms with Crippen molar-refractivity contribution in [2.75, 3.05) is 13.1 Å². The molecule has 2 rings (SSSR count). The van der Waals surface area contributed by atoms with Crippen LogP contribution in [0.5, 0.6) is 5.75 Å². The molecule has 1 aromatic rings. The van der Waals surface area contributed by atoms with E-state index in [1.807, 2.05) is 30.0 Å². The van der Waals surface area contributed by atoms with Crippen LogP contribution >= 0.6 is 15.9 Å². The molecule has 1 heterocycles. The number of rotatable bonds is 4. The molecule has 1 aromatic carbocycles. The Morgan fingerprint density at radius 2 is 2.00 bits per heavy atom. The second kappa shape index (κ2) is 6.59. The van der Waals surface area contributed by atoms with Gasteiger partial charge in [0.1, 0.15) is 5.75 Å². The average molecular weight is 341 g/mol. The third-order valence-electron chi connectivity index (χ3n) is 3.53. The molecule has 2 N–H and O–H groups in total. The molecule has 1 aliphatic rings. The molecular weight excluding hydrogens is 320 g/mol. The molecule has 2 atom stereocenters. The topological polar surface area (TPSA) is 55.6 Å². The number of hydrogen-bond donors (Lipinski definition) is 1. The van der Waals surface area contributed by atoms with Crippen molar-refractivity contribution in [2.24, 2.45) is 5.73 Å². The second-order valence-corrected chi connectivity index (χ2v) is 6.18. The zero-order valence-corrected chi connectivity index (χ0v) is 13.5. The van der Waals surface area contributed by atoms with Crippen molar-refractivity contribution in [3.8, 4) is 5.75 Å². The maximum Gasteiger partial charge on any atom is 0.263 e. The molecule has 1 aliphatic heterocycles. The number of benzene rings is 1. The highest BCUT2D eigenvalue weighted by molar-refractivity contribution is 9.10. The molecule has 0 aromatic heterocycles. The van der Waals surface area contributed by atoms with Gasteiger partial charge in [-0.3, -0.25) is 4.79 Å². The molecule has 1 fully saturated rings. The van der Waals surface area contributed by atoms with Crippen LogP contribution in [0.15, 0.2) is 22.7 Å². The van der Waals surface area contributed by atoms with E-state index in [0.29, 0.717) is 5.75 Å². The summed E-state index contributed by atoms with van der Waals surface area (Å²) in [6.45, 7) is 5.38. The Labute approximate surface area is 128 Å². The van der Waals surface area contributed by atoms with Crippen molar-refractivity contribution >= 4 is 21.8 Å². The van der Waals surface area contributed by atoms with Crippen LogP contribution in [0.1, 0.15) is 38.3 Å². The number of likely N-dealkylation sites (tertiary alicyclic amines) is 1. The first-order chi connectivity index (χ1) is 9.49. The minimum atomic E-state index is -0.480. The fraction of sp³-hybridized carbons (Fsp3) is 0.533. The van der Waals surface area contributed by atoms with Crippen LogP contribution in [-0.2, 0) is 4.79 Å². The molecule has 4 nitrogen and oxygen atoms in total. The highest BCUT2D eigenvalue weighted by Gasteiger charge is 2.25. The molecule has 0 saturated carbocycles. The maximum absolute atomic E-state index is 12.3. The molecule has 5 heteroatoms. The predicted molar refractivity (Wildman–Crippen MR) is 82.6 cm³/mol. The number of carbonyl (C=O) groups excluding carboxylic acids is 1. The Balaban J connectivity index is 2.10. The summed E-state index contributed by atoms with van der Waals surface area (Å²) in [5.74, 6) is 0.740. The highest BCUT2D eigenvalue weighted by Crippen LogP contribution is 2.28. The summed E-state index contributed by atoms with van der Waals surface area (Å²) in [5.41, 5.74) is 6.86. The number of nitrogens with two attached hydrogens (primary N) is 1. The van der Waals surface area contributed by atoms with E-state index < -0.39 is 6.10 Å². The van der Waals surface area contributed by atoms with Gasteiger partial charge in [0.05, 0.1) is 0 Å². The zero-order chi connectivity index (χ0) is 14.7. The van der Waals surface area contributed by atoms with Crippen LogP contribution in [-0.4, -0.2) is 30.0 Å². The first-order valence-corrected chi connectivity index (χ1v) is 7.79. The van der Waals surface area contributed by atoms with Gasteiger partial charge < -0.3 is 15.4 Å². The summed E-state index contributed by atoms with van der Waals surface area (Å²) in [4.78, 5) is 14.1. The fourth-order valence-electron chi connectivity index (χ4n) is 2.42. The monoisotopic (exact) mass is 340 g/mol. The lowest BCUT2D eigenvalue weighted by molar-refractivity contribution is -0.136. The van der Waals surface area contributed by atoms with Crippen molar-refractivity contribution in [2.45, 2.75) is 38.8 Å². The Morgan fingerprint density at radius 3 is 2.60 bits per heavy atom. The van der Waals surface area contributed by atoms with Crippen molar-refractivity contribution in [1.29, 1.82) is 0 Å². The summed E-state index contributed by atoms with van der Waals surface area (Å²) in [6.07, 6.45) is 1.69. The number of amides is 1. The van der Waals surface area contributed by atoms with Gasteiger partial charge in [-0.25, -0.2) is 0 Å². The lowest BCUT2D eigenvalue weighted by Gasteiger charge is -2.23. The Hall–Kier alpha value is -1.07. The molecule has 0 aliphatic carbocycles. The molecule has 1 saturated heterocycles. The Morgan fingerprint density at radius 1 is 1.35 bits per heavy atom. The van der Waals surface area contributed by atoms with Crippen molar-refractivity contribution in [1.82, 2.24) is 4.90 Å². The van der Waals surface area contributed by atoms with Gasteiger partial charge >= 0.3 is 0 Å². The summed E-state index contributed by atoms with van der Waals surface area (Å²) in [6, 6.07) is 5.55. The zero-order valence-electron chi connectivity index (χ0n) is 11.9. The summed E-state index contributed by atoms with van der Waals surface area (Å²) in [7, 11) is 0. The SMILES string of the molecule is CC(Oc1ccc(Br)cc1[C@H](C)N)C(=O)N1CCCC1. The van der Waals surface area contributed by atoms with Crippen LogP contribution in [0.4, 0.5) is 0 Å². The van der Waals surface area contributed by atoms with E-state index in [4.69, 9.17) is 10.5 Å². The van der Waals surface area contributed by atoms with Crippen LogP contribution in [0, 0.1) is 0 Å². The van der Waals surface area contributed by atoms with Gasteiger partial charge in [-0.05, 0) is 44.9 Å². The maximum atomic E-state index is 12.3. The number of ether oxygens (including phenoxy) is 1. The normalized spacial score (nSPS) is 17.9. The van der Waals surface area contributed by atoms with Crippen molar-refractivity contribution in [3.63, 3.8) is 0 Å². The Bertz CT molecular complexity index is 485. The third-order valence-corrected chi connectivity index (χ3v) is 4.02. The number of halogens is 1. The number of hydrogen-bond acceptors (Lipinski definition) is 3. The van der Waals surface area contributed by atoms with Gasteiger partial charge in [0.2, 0.25) is 0 Å². The van der Waals surface area contributed by atoms with E-state index in [1.54, 1.807) is 6.92 Å².